The maximum Gasteiger partial charge on any atom is 0.284 e. The topological polar surface area (TPSA) is 104 Å². The van der Waals surface area contributed by atoms with Gasteiger partial charge in [0.15, 0.2) is 0 Å². The van der Waals surface area contributed by atoms with E-state index < -0.39 is 15.9 Å². The molecule has 0 spiro atoms. The van der Waals surface area contributed by atoms with Gasteiger partial charge in [-0.1, -0.05) is 29.8 Å². The summed E-state index contributed by atoms with van der Waals surface area (Å²) in [6.45, 7) is 0. The first-order valence-electron chi connectivity index (χ1n) is 8.80. The minimum absolute atomic E-state index is 0.0491. The molecule has 0 saturated heterocycles. The quantitative estimate of drug-likeness (QED) is 0.368. The van der Waals surface area contributed by atoms with Crippen LogP contribution in [0, 0.1) is 0 Å². The van der Waals surface area contributed by atoms with Gasteiger partial charge in [0.05, 0.1) is 17.5 Å². The monoisotopic (exact) mass is 446 g/mol. The van der Waals surface area contributed by atoms with E-state index >= 15 is 0 Å². The highest BCUT2D eigenvalue weighted by atomic mass is 35.5. The Morgan fingerprint density at radius 3 is 2.63 bits per heavy atom. The molecule has 1 heterocycles. The molecule has 1 aliphatic carbocycles. The Labute approximate surface area is 178 Å². The molecule has 0 saturated carbocycles. The molecule has 8 nitrogen and oxygen atoms in total. The number of fused-ring (bicyclic) bond motifs is 1. The molecule has 3 rings (SSSR count). The maximum absolute atomic E-state index is 12.8. The number of hydrogen-bond acceptors (Lipinski definition) is 4. The lowest BCUT2D eigenvalue weighted by Crippen LogP contribution is -2.16. The Bertz CT molecular complexity index is 1270. The predicted molar refractivity (Wildman–Crippen MR) is 113 cm³/mol. The fraction of sp³-hybridized carbons (Fsp3) is 0.150. The van der Waals surface area contributed by atoms with Gasteiger partial charge in [-0.15, -0.1) is 4.40 Å². The van der Waals surface area contributed by atoms with E-state index in [1.54, 1.807) is 38.4 Å². The number of sulfonamides is 1. The summed E-state index contributed by atoms with van der Waals surface area (Å²) in [5, 5.41) is 10.7. The third kappa shape index (κ3) is 4.87. The van der Waals surface area contributed by atoms with Gasteiger partial charge in [0.25, 0.3) is 15.9 Å². The number of rotatable bonds is 5. The molecule has 0 aromatic heterocycles. The molecule has 0 radical (unpaired) electrons. The van der Waals surface area contributed by atoms with Crippen molar-refractivity contribution >= 4 is 33.9 Å². The zero-order valence-corrected chi connectivity index (χ0v) is 17.8. The van der Waals surface area contributed by atoms with Crippen LogP contribution >= 0.6 is 11.6 Å². The van der Waals surface area contributed by atoms with E-state index in [2.05, 4.69) is 9.39 Å². The van der Waals surface area contributed by atoms with E-state index in [-0.39, 0.29) is 27.9 Å². The summed E-state index contributed by atoms with van der Waals surface area (Å²) in [6, 6.07) is 12.6. The normalized spacial score (nSPS) is 12.6. The number of amides is 1. The SMILES string of the molecule is CN(C)C=NS(=O)(=O)c1cc(=NC(=O)Cc2ccccc2Cl)cc2n(O)cccc1-2. The van der Waals surface area contributed by atoms with E-state index in [4.69, 9.17) is 11.6 Å². The number of benzene rings is 2. The Kier molecular flexibility index (Phi) is 6.23. The van der Waals surface area contributed by atoms with Crippen LogP contribution in [0.25, 0.3) is 11.3 Å². The Morgan fingerprint density at radius 1 is 1.20 bits per heavy atom. The lowest BCUT2D eigenvalue weighted by atomic mass is 10.1. The molecule has 0 bridgehead atoms. The molecular formula is C20H19ClN4O4S. The molecule has 1 N–H and O–H groups in total. The van der Waals surface area contributed by atoms with Crippen molar-refractivity contribution in [3.05, 3.63) is 70.7 Å². The van der Waals surface area contributed by atoms with Crippen LogP contribution in [-0.2, 0) is 21.2 Å². The number of halogens is 1. The molecule has 0 fully saturated rings. The van der Waals surface area contributed by atoms with E-state index in [9.17, 15) is 18.4 Å². The zero-order valence-electron chi connectivity index (χ0n) is 16.2. The highest BCUT2D eigenvalue weighted by Gasteiger charge is 2.22. The van der Waals surface area contributed by atoms with Crippen molar-refractivity contribution in [1.82, 2.24) is 9.63 Å². The van der Waals surface area contributed by atoms with Crippen molar-refractivity contribution < 1.29 is 18.4 Å². The van der Waals surface area contributed by atoms with E-state index in [0.717, 1.165) is 11.1 Å². The lowest BCUT2D eigenvalue weighted by molar-refractivity contribution is -0.117. The Balaban J connectivity index is 2.13. The standard InChI is InChI=1S/C20H19ClN4O4S/c1-24(2)13-22-30(28,29)19-12-15(11-18-16(19)7-5-9-25(18)27)23-20(26)10-14-6-3-4-8-17(14)21/h3-9,11-13,27H,10H2,1-2H3. The van der Waals surface area contributed by atoms with E-state index in [0.29, 0.717) is 10.6 Å². The number of carbonyl (C=O) groups is 1. The number of carbonyl (C=O) groups excluding carboxylic acids is 1. The summed E-state index contributed by atoms with van der Waals surface area (Å²) in [5.41, 5.74) is 1.02. The third-order valence-electron chi connectivity index (χ3n) is 4.09. The Hall–Kier alpha value is -3.17. The van der Waals surface area contributed by atoms with Gasteiger partial charge in [0, 0.05) is 30.9 Å². The van der Waals surface area contributed by atoms with Crippen molar-refractivity contribution in [1.29, 1.82) is 0 Å². The van der Waals surface area contributed by atoms with Gasteiger partial charge in [-0.2, -0.15) is 13.1 Å². The fourth-order valence-corrected chi connectivity index (χ4v) is 4.08. The first-order chi connectivity index (χ1) is 14.2. The van der Waals surface area contributed by atoms with E-state index in [1.807, 2.05) is 0 Å². The fourth-order valence-electron chi connectivity index (χ4n) is 2.74. The molecule has 156 valence electrons. The molecular weight excluding hydrogens is 428 g/mol. The largest absolute Gasteiger partial charge is 0.428 e. The van der Waals surface area contributed by atoms with Crippen LogP contribution in [0.2, 0.25) is 5.02 Å². The van der Waals surface area contributed by atoms with Crippen LogP contribution in [0.4, 0.5) is 0 Å². The summed E-state index contributed by atoms with van der Waals surface area (Å²) in [7, 11) is -0.838. The Morgan fingerprint density at radius 2 is 1.93 bits per heavy atom. The second-order valence-electron chi connectivity index (χ2n) is 6.66. The molecule has 1 aromatic carbocycles. The molecule has 10 heteroatoms. The molecule has 1 aliphatic heterocycles. The van der Waals surface area contributed by atoms with Gasteiger partial charge in [-0.25, -0.2) is 4.99 Å². The van der Waals surface area contributed by atoms with Crippen LogP contribution in [0.15, 0.2) is 69.0 Å². The lowest BCUT2D eigenvalue weighted by Gasteiger charge is -2.13. The summed E-state index contributed by atoms with van der Waals surface area (Å²) >= 11 is 6.09. The smallest absolute Gasteiger partial charge is 0.284 e. The minimum Gasteiger partial charge on any atom is -0.428 e. The van der Waals surface area contributed by atoms with Gasteiger partial charge in [0.1, 0.15) is 11.2 Å². The molecule has 0 atom stereocenters. The van der Waals surface area contributed by atoms with Crippen LogP contribution < -0.4 is 5.36 Å². The predicted octanol–water partition coefficient (Wildman–Crippen LogP) is 2.43. The van der Waals surface area contributed by atoms with Gasteiger partial charge in [0.2, 0.25) is 0 Å². The van der Waals surface area contributed by atoms with E-state index in [1.165, 1.54) is 35.4 Å². The summed E-state index contributed by atoms with van der Waals surface area (Å²) in [6.07, 6.45) is 2.45. The van der Waals surface area contributed by atoms with Gasteiger partial charge in [-0.05, 0) is 35.9 Å². The average Bonchev–Trinajstić information content (AvgIpc) is 2.68. The van der Waals surface area contributed by atoms with Crippen molar-refractivity contribution in [2.45, 2.75) is 11.3 Å². The molecule has 0 unspecified atom stereocenters. The van der Waals surface area contributed by atoms with Crippen LogP contribution in [0.1, 0.15) is 5.56 Å². The third-order valence-corrected chi connectivity index (χ3v) is 5.72. The van der Waals surface area contributed by atoms with Gasteiger partial charge < -0.3 is 10.1 Å². The molecule has 1 aromatic rings. The number of nitrogens with zero attached hydrogens (tertiary/aromatic N) is 4. The van der Waals surface area contributed by atoms with Crippen LogP contribution in [0.5, 0.6) is 0 Å². The number of pyridine rings is 1. The second kappa shape index (κ2) is 8.68. The maximum atomic E-state index is 12.8. The second-order valence-corrected chi connectivity index (χ2v) is 8.67. The van der Waals surface area contributed by atoms with Crippen LogP contribution in [0.3, 0.4) is 0 Å². The minimum atomic E-state index is -4.11. The van der Waals surface area contributed by atoms with Gasteiger partial charge in [-0.3, -0.25) is 4.79 Å². The molecule has 30 heavy (non-hydrogen) atoms. The highest BCUT2D eigenvalue weighted by molar-refractivity contribution is 7.90. The number of hydrogen-bond donors (Lipinski definition) is 1. The highest BCUT2D eigenvalue weighted by Crippen LogP contribution is 2.28. The van der Waals surface area contributed by atoms with Crippen LogP contribution in [-0.4, -0.2) is 49.6 Å². The molecule has 2 aliphatic rings. The zero-order chi connectivity index (χ0) is 21.9. The van der Waals surface area contributed by atoms with Crippen molar-refractivity contribution in [2.24, 2.45) is 9.39 Å². The first-order valence-corrected chi connectivity index (χ1v) is 10.6. The first kappa shape index (κ1) is 21.5. The van der Waals surface area contributed by atoms with Crippen molar-refractivity contribution in [3.63, 3.8) is 0 Å². The van der Waals surface area contributed by atoms with Crippen molar-refractivity contribution in [2.75, 3.05) is 14.1 Å². The molecule has 1 amide bonds. The summed E-state index contributed by atoms with van der Waals surface area (Å²) < 4.78 is 30.0. The average molecular weight is 447 g/mol. The summed E-state index contributed by atoms with van der Waals surface area (Å²) in [5.74, 6) is -0.511. The van der Waals surface area contributed by atoms with Gasteiger partial charge >= 0.3 is 0 Å². The summed E-state index contributed by atoms with van der Waals surface area (Å²) in [4.78, 5) is 17.8. The van der Waals surface area contributed by atoms with Crippen molar-refractivity contribution in [3.8, 4) is 11.3 Å². The number of aromatic nitrogens is 1.